The van der Waals surface area contributed by atoms with Crippen molar-refractivity contribution in [3.8, 4) is 0 Å². The lowest BCUT2D eigenvalue weighted by atomic mass is 9.96. The Morgan fingerprint density at radius 1 is 1.18 bits per heavy atom. The summed E-state index contributed by atoms with van der Waals surface area (Å²) in [5, 5.41) is 3.01. The van der Waals surface area contributed by atoms with E-state index in [1.165, 1.54) is 0 Å². The summed E-state index contributed by atoms with van der Waals surface area (Å²) in [5.41, 5.74) is 0. The highest BCUT2D eigenvalue weighted by molar-refractivity contribution is 7.13. The molecular weight excluding hydrogens is 300 g/mol. The van der Waals surface area contributed by atoms with Gasteiger partial charge in [0.25, 0.3) is 0 Å². The molecule has 0 spiro atoms. The molecular formula is C15H22N4O2S. The van der Waals surface area contributed by atoms with Crippen LogP contribution in [0.2, 0.25) is 0 Å². The number of anilines is 1. The molecule has 2 amide bonds. The van der Waals surface area contributed by atoms with E-state index in [4.69, 9.17) is 0 Å². The number of hydrogen-bond acceptors (Lipinski definition) is 5. The monoisotopic (exact) mass is 322 g/mol. The lowest BCUT2D eigenvalue weighted by Gasteiger charge is -2.38. The summed E-state index contributed by atoms with van der Waals surface area (Å²) < 4.78 is 0. The molecule has 2 fully saturated rings. The van der Waals surface area contributed by atoms with Crippen molar-refractivity contribution >= 4 is 28.3 Å². The minimum Gasteiger partial charge on any atom is -0.345 e. The van der Waals surface area contributed by atoms with E-state index in [2.05, 4.69) is 9.88 Å². The van der Waals surface area contributed by atoms with Gasteiger partial charge in [0.15, 0.2) is 5.13 Å². The largest absolute Gasteiger partial charge is 0.345 e. The number of carbonyl (C=O) groups is 2. The zero-order valence-corrected chi connectivity index (χ0v) is 13.7. The van der Waals surface area contributed by atoms with Crippen molar-refractivity contribution < 1.29 is 9.59 Å². The number of aromatic nitrogens is 1. The SMILES string of the molecule is CC(=O)N1CCC[C@@H](C(=O)N2CCN(c3nccs3)CC2)C1. The van der Waals surface area contributed by atoms with Crippen LogP contribution in [0, 0.1) is 5.92 Å². The standard InChI is InChI=1S/C15H22N4O2S/c1-12(20)19-5-2-3-13(11-19)14(21)17-6-8-18(9-7-17)15-16-4-10-22-15/h4,10,13H,2-3,5-9,11H2,1H3/t13-/m1/s1. The van der Waals surface area contributed by atoms with Gasteiger partial charge in [-0.25, -0.2) is 4.98 Å². The first kappa shape index (κ1) is 15.3. The molecule has 0 bridgehead atoms. The number of nitrogens with zero attached hydrogens (tertiary/aromatic N) is 4. The molecule has 6 nitrogen and oxygen atoms in total. The number of rotatable bonds is 2. The van der Waals surface area contributed by atoms with Gasteiger partial charge >= 0.3 is 0 Å². The average Bonchev–Trinajstić information content (AvgIpc) is 3.09. The van der Waals surface area contributed by atoms with Crippen LogP contribution >= 0.6 is 11.3 Å². The summed E-state index contributed by atoms with van der Waals surface area (Å²) in [7, 11) is 0. The maximum atomic E-state index is 12.7. The molecule has 0 unspecified atom stereocenters. The molecule has 3 rings (SSSR count). The Morgan fingerprint density at radius 3 is 2.59 bits per heavy atom. The average molecular weight is 322 g/mol. The van der Waals surface area contributed by atoms with Gasteiger partial charge in [-0.1, -0.05) is 0 Å². The van der Waals surface area contributed by atoms with Crippen LogP contribution in [0.15, 0.2) is 11.6 Å². The van der Waals surface area contributed by atoms with E-state index in [0.717, 1.165) is 50.7 Å². The first-order valence-corrected chi connectivity index (χ1v) is 8.72. The first-order chi connectivity index (χ1) is 10.6. The van der Waals surface area contributed by atoms with Gasteiger partial charge < -0.3 is 14.7 Å². The predicted molar refractivity (Wildman–Crippen MR) is 85.9 cm³/mol. The lowest BCUT2D eigenvalue weighted by Crippen LogP contribution is -2.53. The quantitative estimate of drug-likeness (QED) is 0.817. The molecule has 1 aromatic heterocycles. The maximum Gasteiger partial charge on any atom is 0.227 e. The molecule has 1 aromatic rings. The van der Waals surface area contributed by atoms with Crippen LogP contribution < -0.4 is 4.90 Å². The second kappa shape index (κ2) is 6.64. The van der Waals surface area contributed by atoms with Crippen molar-refractivity contribution in [2.75, 3.05) is 44.2 Å². The van der Waals surface area contributed by atoms with Gasteiger partial charge in [0.05, 0.1) is 5.92 Å². The summed E-state index contributed by atoms with van der Waals surface area (Å²) in [6.45, 7) is 6.12. The highest BCUT2D eigenvalue weighted by atomic mass is 32.1. The van der Waals surface area contributed by atoms with E-state index >= 15 is 0 Å². The number of carbonyl (C=O) groups excluding carboxylic acids is 2. The van der Waals surface area contributed by atoms with Crippen molar-refractivity contribution in [2.24, 2.45) is 5.92 Å². The summed E-state index contributed by atoms with van der Waals surface area (Å²) in [5.74, 6) is 0.264. The van der Waals surface area contributed by atoms with Gasteiger partial charge in [0.1, 0.15) is 0 Å². The summed E-state index contributed by atoms with van der Waals surface area (Å²) in [4.78, 5) is 34.5. The van der Waals surface area contributed by atoms with Gasteiger partial charge in [0, 0.05) is 57.8 Å². The van der Waals surface area contributed by atoms with Crippen LogP contribution in [-0.4, -0.2) is 65.9 Å². The highest BCUT2D eigenvalue weighted by Gasteiger charge is 2.31. The molecule has 7 heteroatoms. The fourth-order valence-corrected chi connectivity index (χ4v) is 3.91. The number of piperazine rings is 1. The molecule has 2 aliphatic heterocycles. The van der Waals surface area contributed by atoms with E-state index in [0.29, 0.717) is 6.54 Å². The van der Waals surface area contributed by atoms with E-state index in [1.807, 2.05) is 16.5 Å². The first-order valence-electron chi connectivity index (χ1n) is 7.84. The Hall–Kier alpha value is -1.63. The predicted octanol–water partition coefficient (Wildman–Crippen LogP) is 1.05. The number of hydrogen-bond donors (Lipinski definition) is 0. The second-order valence-corrected chi connectivity index (χ2v) is 6.80. The Kier molecular flexibility index (Phi) is 4.61. The third-order valence-electron chi connectivity index (χ3n) is 4.50. The van der Waals surface area contributed by atoms with E-state index in [9.17, 15) is 9.59 Å². The number of piperidine rings is 1. The zero-order chi connectivity index (χ0) is 15.5. The van der Waals surface area contributed by atoms with E-state index < -0.39 is 0 Å². The van der Waals surface area contributed by atoms with Crippen LogP contribution in [0.5, 0.6) is 0 Å². The third-order valence-corrected chi connectivity index (χ3v) is 5.33. The Balaban J connectivity index is 1.54. The molecule has 1 atom stereocenters. The maximum absolute atomic E-state index is 12.7. The minimum atomic E-state index is -0.0240. The molecule has 0 aromatic carbocycles. The Morgan fingerprint density at radius 2 is 1.95 bits per heavy atom. The van der Waals surface area contributed by atoms with Crippen LogP contribution in [-0.2, 0) is 9.59 Å². The van der Waals surface area contributed by atoms with Crippen LogP contribution in [0.3, 0.4) is 0 Å². The minimum absolute atomic E-state index is 0.0240. The van der Waals surface area contributed by atoms with Gasteiger partial charge in [-0.2, -0.15) is 0 Å². The van der Waals surface area contributed by atoms with Crippen molar-refractivity contribution in [2.45, 2.75) is 19.8 Å². The van der Waals surface area contributed by atoms with E-state index in [1.54, 1.807) is 23.2 Å². The van der Waals surface area contributed by atoms with Crippen LogP contribution in [0.25, 0.3) is 0 Å². The van der Waals surface area contributed by atoms with Crippen LogP contribution in [0.1, 0.15) is 19.8 Å². The highest BCUT2D eigenvalue weighted by Crippen LogP contribution is 2.22. The fraction of sp³-hybridized carbons (Fsp3) is 0.667. The lowest BCUT2D eigenvalue weighted by molar-refractivity contribution is -0.140. The Bertz CT molecular complexity index is 526. The molecule has 2 saturated heterocycles. The van der Waals surface area contributed by atoms with Crippen molar-refractivity contribution in [3.05, 3.63) is 11.6 Å². The second-order valence-electron chi connectivity index (χ2n) is 5.93. The number of amides is 2. The summed E-state index contributed by atoms with van der Waals surface area (Å²) >= 11 is 1.64. The number of thiazole rings is 1. The number of likely N-dealkylation sites (tertiary alicyclic amines) is 1. The third kappa shape index (κ3) is 3.24. The zero-order valence-electron chi connectivity index (χ0n) is 12.9. The van der Waals surface area contributed by atoms with Crippen molar-refractivity contribution in [1.29, 1.82) is 0 Å². The molecule has 0 saturated carbocycles. The van der Waals surface area contributed by atoms with E-state index in [-0.39, 0.29) is 17.7 Å². The molecule has 0 N–H and O–H groups in total. The smallest absolute Gasteiger partial charge is 0.227 e. The topological polar surface area (TPSA) is 56.8 Å². The van der Waals surface area contributed by atoms with Gasteiger partial charge in [-0.05, 0) is 12.8 Å². The molecule has 22 heavy (non-hydrogen) atoms. The fourth-order valence-electron chi connectivity index (χ4n) is 3.21. The van der Waals surface area contributed by atoms with Crippen molar-refractivity contribution in [1.82, 2.24) is 14.8 Å². The molecule has 0 aliphatic carbocycles. The van der Waals surface area contributed by atoms with Gasteiger partial charge in [0.2, 0.25) is 11.8 Å². The Labute approximate surface area is 134 Å². The molecule has 3 heterocycles. The molecule has 120 valence electrons. The normalized spacial score (nSPS) is 22.8. The van der Waals surface area contributed by atoms with Crippen LogP contribution in [0.4, 0.5) is 5.13 Å². The van der Waals surface area contributed by atoms with Gasteiger partial charge in [-0.3, -0.25) is 9.59 Å². The van der Waals surface area contributed by atoms with Gasteiger partial charge in [-0.15, -0.1) is 11.3 Å². The molecule has 2 aliphatic rings. The summed E-state index contributed by atoms with van der Waals surface area (Å²) in [6.07, 6.45) is 3.64. The summed E-state index contributed by atoms with van der Waals surface area (Å²) in [6, 6.07) is 0. The molecule has 0 radical (unpaired) electrons. The van der Waals surface area contributed by atoms with Crippen molar-refractivity contribution in [3.63, 3.8) is 0 Å².